The summed E-state index contributed by atoms with van der Waals surface area (Å²) in [5, 5.41) is 11.7. The Labute approximate surface area is 166 Å². The lowest BCUT2D eigenvalue weighted by molar-refractivity contribution is 0.108. The molecule has 0 bridgehead atoms. The first-order chi connectivity index (χ1) is 13.7. The fourth-order valence-corrected chi connectivity index (χ4v) is 3.93. The zero-order valence-corrected chi connectivity index (χ0v) is 16.5. The van der Waals surface area contributed by atoms with E-state index in [0.717, 1.165) is 42.6 Å². The van der Waals surface area contributed by atoms with Crippen molar-refractivity contribution in [3.8, 4) is 5.75 Å². The molecular formula is C24H28N2O2. The van der Waals surface area contributed by atoms with Crippen molar-refractivity contribution >= 4 is 10.9 Å². The van der Waals surface area contributed by atoms with E-state index in [4.69, 9.17) is 4.74 Å². The zero-order chi connectivity index (χ0) is 19.3. The molecule has 146 valence electrons. The maximum Gasteiger partial charge on any atom is 0.146 e. The van der Waals surface area contributed by atoms with Gasteiger partial charge in [0, 0.05) is 23.7 Å². The molecule has 3 aromatic rings. The topological polar surface area (TPSA) is 45.6 Å². The van der Waals surface area contributed by atoms with Crippen LogP contribution in [0, 0.1) is 0 Å². The predicted molar refractivity (Wildman–Crippen MR) is 112 cm³/mol. The molecule has 4 nitrogen and oxygen atoms in total. The number of rotatable bonds is 7. The summed E-state index contributed by atoms with van der Waals surface area (Å²) < 4.78 is 6.03. The summed E-state index contributed by atoms with van der Waals surface area (Å²) in [4.78, 5) is 6.83. The Hall–Kier alpha value is -2.43. The van der Waals surface area contributed by atoms with Crippen LogP contribution in [0.2, 0.25) is 0 Å². The average molecular weight is 376 g/mol. The summed E-state index contributed by atoms with van der Waals surface area (Å²) in [6, 6.07) is 14.6. The first-order valence-corrected chi connectivity index (χ1v) is 10.2. The minimum absolute atomic E-state index is 0.307. The Morgan fingerprint density at radius 3 is 2.50 bits per heavy atom. The molecule has 0 aliphatic carbocycles. The van der Waals surface area contributed by atoms with E-state index in [1.54, 1.807) is 6.20 Å². The molecule has 1 N–H and O–H groups in total. The molecule has 1 aliphatic heterocycles. The maximum atomic E-state index is 10.8. The van der Waals surface area contributed by atoms with E-state index in [9.17, 15) is 5.11 Å². The van der Waals surface area contributed by atoms with Crippen LogP contribution in [0.4, 0.5) is 0 Å². The van der Waals surface area contributed by atoms with Crippen molar-refractivity contribution in [2.45, 2.75) is 45.9 Å². The number of aromatic nitrogens is 1. The molecule has 0 radical (unpaired) electrons. The van der Waals surface area contributed by atoms with E-state index >= 15 is 0 Å². The molecule has 0 saturated carbocycles. The number of aryl methyl sites for hydroxylation is 1. The van der Waals surface area contributed by atoms with Gasteiger partial charge in [-0.2, -0.15) is 0 Å². The molecule has 0 atom stereocenters. The summed E-state index contributed by atoms with van der Waals surface area (Å²) in [5.74, 6) is 0.307. The summed E-state index contributed by atoms with van der Waals surface area (Å²) in [6.45, 7) is 6.21. The maximum absolute atomic E-state index is 10.8. The molecule has 2 aromatic carbocycles. The fourth-order valence-electron chi connectivity index (χ4n) is 3.93. The lowest BCUT2D eigenvalue weighted by atomic mass is 10.0. The third kappa shape index (κ3) is 4.18. The van der Waals surface area contributed by atoms with Crippen molar-refractivity contribution in [3.05, 3.63) is 70.9 Å². The van der Waals surface area contributed by atoms with Crippen molar-refractivity contribution in [3.63, 3.8) is 0 Å². The van der Waals surface area contributed by atoms with E-state index in [2.05, 4.69) is 47.1 Å². The van der Waals surface area contributed by atoms with E-state index in [1.807, 2.05) is 12.1 Å². The van der Waals surface area contributed by atoms with E-state index < -0.39 is 0 Å². The van der Waals surface area contributed by atoms with Gasteiger partial charge in [0.1, 0.15) is 11.3 Å². The van der Waals surface area contributed by atoms with Crippen molar-refractivity contribution in [2.75, 3.05) is 13.1 Å². The van der Waals surface area contributed by atoms with E-state index in [1.165, 1.54) is 24.0 Å². The molecule has 0 spiro atoms. The minimum atomic E-state index is 0.307. The highest BCUT2D eigenvalue weighted by Gasteiger charge is 2.17. The van der Waals surface area contributed by atoms with Crippen LogP contribution in [0.3, 0.4) is 0 Å². The normalized spacial score (nSPS) is 14.8. The van der Waals surface area contributed by atoms with Gasteiger partial charge in [-0.3, -0.25) is 9.88 Å². The molecule has 4 heteroatoms. The van der Waals surface area contributed by atoms with Gasteiger partial charge >= 0.3 is 0 Å². The van der Waals surface area contributed by atoms with Crippen molar-refractivity contribution < 1.29 is 9.84 Å². The summed E-state index contributed by atoms with van der Waals surface area (Å²) in [7, 11) is 0. The van der Waals surface area contributed by atoms with Gasteiger partial charge in [-0.05, 0) is 61.2 Å². The van der Waals surface area contributed by atoms with Gasteiger partial charge in [0.05, 0.1) is 13.2 Å². The van der Waals surface area contributed by atoms with Gasteiger partial charge < -0.3 is 9.84 Å². The molecule has 0 unspecified atom stereocenters. The van der Waals surface area contributed by atoms with E-state index in [-0.39, 0.29) is 0 Å². The van der Waals surface area contributed by atoms with Crippen LogP contribution in [-0.2, 0) is 30.9 Å². The second-order valence-corrected chi connectivity index (χ2v) is 7.59. The number of pyridine rings is 1. The smallest absolute Gasteiger partial charge is 0.146 e. The Kier molecular flexibility index (Phi) is 5.89. The number of ether oxygens (including phenoxy) is 1. The molecule has 1 aliphatic rings. The molecule has 0 amide bonds. The molecule has 4 rings (SSSR count). The van der Waals surface area contributed by atoms with Crippen LogP contribution < -0.4 is 0 Å². The van der Waals surface area contributed by atoms with Crippen molar-refractivity contribution in [2.24, 2.45) is 0 Å². The van der Waals surface area contributed by atoms with Gasteiger partial charge in [-0.15, -0.1) is 0 Å². The van der Waals surface area contributed by atoms with Gasteiger partial charge in [-0.1, -0.05) is 37.3 Å². The lowest BCUT2D eigenvalue weighted by Gasteiger charge is -2.18. The summed E-state index contributed by atoms with van der Waals surface area (Å²) in [6.07, 6.45) is 5.26. The Morgan fingerprint density at radius 2 is 1.75 bits per heavy atom. The highest BCUT2D eigenvalue weighted by molar-refractivity contribution is 5.88. The van der Waals surface area contributed by atoms with Crippen molar-refractivity contribution in [1.29, 1.82) is 0 Å². The van der Waals surface area contributed by atoms with Crippen molar-refractivity contribution in [1.82, 2.24) is 9.88 Å². The fraction of sp³-hybridized carbons (Fsp3) is 0.375. The summed E-state index contributed by atoms with van der Waals surface area (Å²) >= 11 is 0. The van der Waals surface area contributed by atoms with Crippen LogP contribution in [0.5, 0.6) is 5.75 Å². The van der Waals surface area contributed by atoms with Crippen LogP contribution in [0.15, 0.2) is 48.7 Å². The number of likely N-dealkylation sites (tertiary alicyclic amines) is 1. The standard InChI is InChI=1S/C24H28N2O2/c1-2-18-7-9-19(10-8-18)16-28-17-21-14-20(15-26-12-3-4-13-26)24(27)23-22(21)6-5-11-25-23/h5-11,14,27H,2-4,12-13,15-17H2,1H3. The number of hydrogen-bond donors (Lipinski definition) is 1. The molecule has 28 heavy (non-hydrogen) atoms. The highest BCUT2D eigenvalue weighted by atomic mass is 16.5. The number of nitrogens with zero attached hydrogens (tertiary/aromatic N) is 2. The number of phenolic OH excluding ortho intramolecular Hbond substituents is 1. The highest BCUT2D eigenvalue weighted by Crippen LogP contribution is 2.32. The Bertz CT molecular complexity index is 931. The summed E-state index contributed by atoms with van der Waals surface area (Å²) in [5.41, 5.74) is 5.21. The molecular weight excluding hydrogens is 348 g/mol. The van der Waals surface area contributed by atoms with E-state index in [0.29, 0.717) is 24.5 Å². The first-order valence-electron chi connectivity index (χ1n) is 10.2. The first kappa shape index (κ1) is 18.9. The predicted octanol–water partition coefficient (Wildman–Crippen LogP) is 4.82. The number of phenols is 1. The zero-order valence-electron chi connectivity index (χ0n) is 16.5. The van der Waals surface area contributed by atoms with Gasteiger partial charge in [0.2, 0.25) is 0 Å². The Morgan fingerprint density at radius 1 is 1.00 bits per heavy atom. The average Bonchev–Trinajstić information content (AvgIpc) is 3.25. The molecule has 1 aromatic heterocycles. The largest absolute Gasteiger partial charge is 0.505 e. The lowest BCUT2D eigenvalue weighted by Crippen LogP contribution is -2.18. The van der Waals surface area contributed by atoms with Crippen LogP contribution >= 0.6 is 0 Å². The molecule has 1 fully saturated rings. The van der Waals surface area contributed by atoms with Crippen LogP contribution in [-0.4, -0.2) is 28.1 Å². The SMILES string of the molecule is CCc1ccc(COCc2cc(CN3CCCC3)c(O)c3ncccc23)cc1. The number of benzene rings is 2. The quantitative estimate of drug-likeness (QED) is 0.642. The number of aromatic hydroxyl groups is 1. The molecule has 1 saturated heterocycles. The third-order valence-electron chi connectivity index (χ3n) is 5.58. The third-order valence-corrected chi connectivity index (χ3v) is 5.58. The minimum Gasteiger partial charge on any atom is -0.505 e. The van der Waals surface area contributed by atoms with Gasteiger partial charge in [-0.25, -0.2) is 0 Å². The van der Waals surface area contributed by atoms with Crippen LogP contribution in [0.25, 0.3) is 10.9 Å². The second kappa shape index (κ2) is 8.72. The monoisotopic (exact) mass is 376 g/mol. The molecule has 2 heterocycles. The number of hydrogen-bond acceptors (Lipinski definition) is 4. The second-order valence-electron chi connectivity index (χ2n) is 7.59. The Balaban J connectivity index is 1.53. The van der Waals surface area contributed by atoms with Gasteiger partial charge in [0.15, 0.2) is 0 Å². The van der Waals surface area contributed by atoms with Crippen LogP contribution in [0.1, 0.15) is 42.0 Å². The number of fused-ring (bicyclic) bond motifs is 1. The van der Waals surface area contributed by atoms with Gasteiger partial charge in [0.25, 0.3) is 0 Å².